The van der Waals surface area contributed by atoms with E-state index in [2.05, 4.69) is 21.6 Å². The van der Waals surface area contributed by atoms with Gasteiger partial charge in [0.25, 0.3) is 0 Å². The number of hydrogen-bond acceptors (Lipinski definition) is 4. The van der Waals surface area contributed by atoms with E-state index >= 15 is 0 Å². The molecule has 1 aromatic heterocycles. The summed E-state index contributed by atoms with van der Waals surface area (Å²) in [7, 11) is -1.22. The third-order valence-corrected chi connectivity index (χ3v) is 4.69. The van der Waals surface area contributed by atoms with E-state index in [9.17, 15) is 9.00 Å². The van der Waals surface area contributed by atoms with Crippen LogP contribution >= 0.6 is 0 Å². The molecule has 0 saturated carbocycles. The highest BCUT2D eigenvalue weighted by molar-refractivity contribution is 7.85. The van der Waals surface area contributed by atoms with Gasteiger partial charge in [-0.15, -0.1) is 0 Å². The quantitative estimate of drug-likeness (QED) is 0.572. The van der Waals surface area contributed by atoms with Crippen molar-refractivity contribution in [2.24, 2.45) is 0 Å². The molecule has 1 atom stereocenters. The van der Waals surface area contributed by atoms with Crippen molar-refractivity contribution in [2.45, 2.75) is 6.92 Å². The molecule has 2 N–H and O–H groups in total. The zero-order valence-corrected chi connectivity index (χ0v) is 16.5. The summed E-state index contributed by atoms with van der Waals surface area (Å²) in [5.74, 6) is -0.165. The number of carbonyl (C=O) groups excluding carboxylic acids is 1. The number of nitrogens with one attached hydrogen (secondary N) is 2. The molecule has 0 bridgehead atoms. The number of anilines is 3. The minimum Gasteiger partial charge on any atom is -0.354 e. The first-order chi connectivity index (χ1) is 13.5. The van der Waals surface area contributed by atoms with Gasteiger partial charge >= 0.3 is 0 Å². The Morgan fingerprint density at radius 1 is 1.04 bits per heavy atom. The van der Waals surface area contributed by atoms with Crippen molar-refractivity contribution >= 4 is 39.9 Å². The fourth-order valence-corrected chi connectivity index (χ4v) is 3.28. The SMILES string of the molecule is C=Cc1ncc(Nc2ccccc2)cc1C(=O)c1cc(NS(C)=O)ccc1C. The minimum atomic E-state index is -1.22. The lowest BCUT2D eigenvalue weighted by Gasteiger charge is -2.12. The van der Waals surface area contributed by atoms with Crippen LogP contribution in [0.1, 0.15) is 27.2 Å². The number of para-hydroxylation sites is 1. The molecular weight excluding hydrogens is 370 g/mol. The molecule has 0 aliphatic carbocycles. The lowest BCUT2D eigenvalue weighted by molar-refractivity contribution is 0.103. The van der Waals surface area contributed by atoms with Crippen LogP contribution in [0, 0.1) is 6.92 Å². The fraction of sp³-hybridized carbons (Fsp3) is 0.0909. The average molecular weight is 391 g/mol. The molecule has 0 radical (unpaired) electrons. The number of benzene rings is 2. The smallest absolute Gasteiger partial charge is 0.195 e. The van der Waals surface area contributed by atoms with Crippen LogP contribution in [-0.2, 0) is 11.0 Å². The van der Waals surface area contributed by atoms with Crippen molar-refractivity contribution in [1.82, 2.24) is 4.98 Å². The molecule has 0 spiro atoms. The van der Waals surface area contributed by atoms with E-state index in [-0.39, 0.29) is 5.78 Å². The molecule has 6 heteroatoms. The standard InChI is InChI=1S/C22H21N3O2S/c1-4-21-20(13-18(14-23-21)24-16-8-6-5-7-9-16)22(26)19-12-17(25-28(3)27)11-10-15(19)2/h4-14,24-25H,1H2,2-3H3. The molecule has 142 valence electrons. The third kappa shape index (κ3) is 4.53. The van der Waals surface area contributed by atoms with Crippen LogP contribution in [0.15, 0.2) is 67.4 Å². The van der Waals surface area contributed by atoms with Gasteiger partial charge in [-0.2, -0.15) is 0 Å². The summed E-state index contributed by atoms with van der Waals surface area (Å²) >= 11 is 0. The first kappa shape index (κ1) is 19.5. The van der Waals surface area contributed by atoms with Crippen LogP contribution in [0.5, 0.6) is 0 Å². The van der Waals surface area contributed by atoms with Gasteiger partial charge < -0.3 is 10.0 Å². The summed E-state index contributed by atoms with van der Waals surface area (Å²) in [6.45, 7) is 5.64. The van der Waals surface area contributed by atoms with Crippen molar-refractivity contribution in [3.8, 4) is 0 Å². The van der Waals surface area contributed by atoms with E-state index in [1.807, 2.05) is 43.3 Å². The molecule has 0 aliphatic heterocycles. The summed E-state index contributed by atoms with van der Waals surface area (Å²) in [5.41, 5.74) is 4.56. The molecule has 0 fully saturated rings. The van der Waals surface area contributed by atoms with Gasteiger partial charge in [0.15, 0.2) is 5.78 Å². The number of aryl methyl sites for hydroxylation is 1. The second-order valence-corrected chi connectivity index (χ2v) is 7.38. The van der Waals surface area contributed by atoms with E-state index in [4.69, 9.17) is 0 Å². The summed E-state index contributed by atoms with van der Waals surface area (Å²) in [5, 5.41) is 3.25. The highest BCUT2D eigenvalue weighted by atomic mass is 32.2. The van der Waals surface area contributed by atoms with Crippen molar-refractivity contribution in [2.75, 3.05) is 16.3 Å². The molecule has 2 aromatic carbocycles. The van der Waals surface area contributed by atoms with Crippen LogP contribution in [0.2, 0.25) is 0 Å². The predicted octanol–water partition coefficient (Wildman–Crippen LogP) is 4.71. The minimum absolute atomic E-state index is 0.165. The second kappa shape index (κ2) is 8.63. The van der Waals surface area contributed by atoms with E-state index in [0.717, 1.165) is 11.3 Å². The van der Waals surface area contributed by atoms with Gasteiger partial charge in [-0.05, 0) is 48.9 Å². The van der Waals surface area contributed by atoms with Gasteiger partial charge in [-0.25, -0.2) is 4.21 Å². The Morgan fingerprint density at radius 3 is 2.43 bits per heavy atom. The number of nitrogens with zero attached hydrogens (tertiary/aromatic N) is 1. The van der Waals surface area contributed by atoms with Gasteiger partial charge in [0, 0.05) is 23.2 Å². The van der Waals surface area contributed by atoms with Crippen LogP contribution in [0.25, 0.3) is 6.08 Å². The highest BCUT2D eigenvalue weighted by Gasteiger charge is 2.17. The Kier molecular flexibility index (Phi) is 6.01. The average Bonchev–Trinajstić information content (AvgIpc) is 2.69. The van der Waals surface area contributed by atoms with Crippen molar-refractivity contribution in [3.63, 3.8) is 0 Å². The maximum Gasteiger partial charge on any atom is 0.195 e. The topological polar surface area (TPSA) is 71.1 Å². The normalized spacial score (nSPS) is 11.5. The summed E-state index contributed by atoms with van der Waals surface area (Å²) < 4.78 is 14.3. The van der Waals surface area contributed by atoms with E-state index < -0.39 is 11.0 Å². The van der Waals surface area contributed by atoms with Gasteiger partial charge in [-0.1, -0.05) is 30.8 Å². The van der Waals surface area contributed by atoms with E-state index in [0.29, 0.717) is 28.2 Å². The Balaban J connectivity index is 1.99. The molecule has 1 heterocycles. The monoisotopic (exact) mass is 391 g/mol. The maximum atomic E-state index is 13.3. The number of carbonyl (C=O) groups is 1. The number of rotatable bonds is 7. The van der Waals surface area contributed by atoms with Crippen molar-refractivity contribution < 1.29 is 9.00 Å². The predicted molar refractivity (Wildman–Crippen MR) is 116 cm³/mol. The number of pyridine rings is 1. The molecule has 5 nitrogen and oxygen atoms in total. The summed E-state index contributed by atoms with van der Waals surface area (Å²) in [4.78, 5) is 17.6. The lowest BCUT2D eigenvalue weighted by atomic mass is 9.97. The lowest BCUT2D eigenvalue weighted by Crippen LogP contribution is -2.09. The number of ketones is 1. The Bertz CT molecular complexity index is 1050. The third-order valence-electron chi connectivity index (χ3n) is 4.16. The number of hydrogen-bond donors (Lipinski definition) is 2. The van der Waals surface area contributed by atoms with Crippen LogP contribution in [-0.4, -0.2) is 21.2 Å². The zero-order chi connectivity index (χ0) is 20.1. The molecule has 3 rings (SSSR count). The van der Waals surface area contributed by atoms with Crippen molar-refractivity contribution in [3.05, 3.63) is 89.8 Å². The Labute approximate surface area is 167 Å². The summed E-state index contributed by atoms with van der Waals surface area (Å²) in [6, 6.07) is 16.8. The molecule has 1 unspecified atom stereocenters. The summed E-state index contributed by atoms with van der Waals surface area (Å²) in [6.07, 6.45) is 4.78. The molecule has 0 aliphatic rings. The fourth-order valence-electron chi connectivity index (χ4n) is 2.82. The molecule has 3 aromatic rings. The molecular formula is C22H21N3O2S. The first-order valence-corrected chi connectivity index (χ1v) is 10.2. The van der Waals surface area contributed by atoms with Crippen molar-refractivity contribution in [1.29, 1.82) is 0 Å². The molecule has 0 saturated heterocycles. The molecule has 0 amide bonds. The van der Waals surface area contributed by atoms with Gasteiger partial charge in [0.05, 0.1) is 23.1 Å². The van der Waals surface area contributed by atoms with Crippen LogP contribution in [0.3, 0.4) is 0 Å². The van der Waals surface area contributed by atoms with Crippen LogP contribution in [0.4, 0.5) is 17.1 Å². The Hall–Kier alpha value is -3.25. The highest BCUT2D eigenvalue weighted by Crippen LogP contribution is 2.24. The zero-order valence-electron chi connectivity index (χ0n) is 15.7. The molecule has 28 heavy (non-hydrogen) atoms. The van der Waals surface area contributed by atoms with Crippen LogP contribution < -0.4 is 10.0 Å². The Morgan fingerprint density at radius 2 is 1.75 bits per heavy atom. The van der Waals surface area contributed by atoms with E-state index in [1.165, 1.54) is 0 Å². The van der Waals surface area contributed by atoms with Gasteiger partial charge in [-0.3, -0.25) is 9.78 Å². The first-order valence-electron chi connectivity index (χ1n) is 8.68. The van der Waals surface area contributed by atoms with Gasteiger partial charge in [0.1, 0.15) is 11.0 Å². The maximum absolute atomic E-state index is 13.3. The number of aromatic nitrogens is 1. The van der Waals surface area contributed by atoms with E-state index in [1.54, 1.807) is 36.7 Å². The second-order valence-electron chi connectivity index (χ2n) is 6.27. The van der Waals surface area contributed by atoms with Gasteiger partial charge in [0.2, 0.25) is 0 Å². The largest absolute Gasteiger partial charge is 0.354 e.